The van der Waals surface area contributed by atoms with E-state index >= 15 is 0 Å². The topological polar surface area (TPSA) is 77.7 Å². The van der Waals surface area contributed by atoms with Crippen LogP contribution in [0.25, 0.3) is 22.0 Å². The van der Waals surface area contributed by atoms with Gasteiger partial charge in [-0.2, -0.15) is 4.57 Å². The second-order valence-electron chi connectivity index (χ2n) is 8.74. The average Bonchev–Trinajstić information content (AvgIpc) is 3.39. The minimum absolute atomic E-state index is 0.275. The van der Waals surface area contributed by atoms with Gasteiger partial charge in [-0.15, -0.1) is 0 Å². The van der Waals surface area contributed by atoms with Crippen LogP contribution in [-0.4, -0.2) is 73.9 Å². The van der Waals surface area contributed by atoms with Crippen molar-refractivity contribution >= 4 is 10.8 Å². The molecular formula is C28H34NO8+. The van der Waals surface area contributed by atoms with Crippen LogP contribution in [0.1, 0.15) is 5.56 Å². The van der Waals surface area contributed by atoms with E-state index in [4.69, 9.17) is 37.9 Å². The highest BCUT2D eigenvalue weighted by Gasteiger charge is 2.28. The molecule has 3 heterocycles. The number of fused-ring (bicyclic) bond motifs is 5. The lowest BCUT2D eigenvalue weighted by Crippen LogP contribution is -2.40. The van der Waals surface area contributed by atoms with Crippen molar-refractivity contribution in [3.8, 4) is 34.3 Å². The van der Waals surface area contributed by atoms with Gasteiger partial charge in [-0.05, 0) is 35.2 Å². The number of ether oxygens (including phenoxy) is 8. The van der Waals surface area contributed by atoms with Crippen LogP contribution in [0.2, 0.25) is 0 Å². The largest absolute Gasteiger partial charge is 0.493 e. The van der Waals surface area contributed by atoms with Crippen LogP contribution in [0.5, 0.6) is 23.0 Å². The van der Waals surface area contributed by atoms with E-state index in [1.165, 1.54) is 11.1 Å². The van der Waals surface area contributed by atoms with E-state index in [1.54, 1.807) is 14.2 Å². The number of pyridine rings is 1. The van der Waals surface area contributed by atoms with Gasteiger partial charge < -0.3 is 37.9 Å². The molecule has 0 aliphatic carbocycles. The number of rotatable bonds is 14. The molecule has 0 unspecified atom stereocenters. The summed E-state index contributed by atoms with van der Waals surface area (Å²) >= 11 is 0. The summed E-state index contributed by atoms with van der Waals surface area (Å²) in [5.74, 6) is 3.05. The monoisotopic (exact) mass is 512 g/mol. The molecular weight excluding hydrogens is 478 g/mol. The van der Waals surface area contributed by atoms with Crippen LogP contribution in [-0.2, 0) is 31.9 Å². The number of aromatic nitrogens is 1. The molecule has 1 aromatic heterocycles. The molecule has 2 aliphatic rings. The molecule has 9 heteroatoms. The molecule has 0 spiro atoms. The fourth-order valence-electron chi connectivity index (χ4n) is 4.59. The molecule has 2 aromatic carbocycles. The van der Waals surface area contributed by atoms with Crippen molar-refractivity contribution in [3.63, 3.8) is 0 Å². The van der Waals surface area contributed by atoms with E-state index in [1.807, 2.05) is 6.07 Å². The normalized spacial score (nSPS) is 13.5. The van der Waals surface area contributed by atoms with Crippen molar-refractivity contribution in [3.05, 3.63) is 42.1 Å². The molecule has 37 heavy (non-hydrogen) atoms. The third-order valence-corrected chi connectivity index (χ3v) is 6.45. The molecule has 0 saturated carbocycles. The van der Waals surface area contributed by atoms with Crippen molar-refractivity contribution in [2.75, 3.05) is 73.9 Å². The molecule has 0 radical (unpaired) electrons. The molecule has 0 atom stereocenters. The first-order valence-corrected chi connectivity index (χ1v) is 12.6. The first kappa shape index (κ1) is 25.5. The Hall–Kier alpha value is -3.11. The molecule has 9 nitrogen and oxygen atoms in total. The Balaban J connectivity index is 1.20. The van der Waals surface area contributed by atoms with E-state index in [0.29, 0.717) is 58.6 Å². The zero-order valence-electron chi connectivity index (χ0n) is 21.5. The number of aryl methyl sites for hydroxylation is 2. The standard InChI is InChI=1S/C28H34NO8/c1-30-7-8-32-9-10-33-11-12-34-13-14-35-28-23-18-29-6-5-21-16-26-27(37-19-36-26)17-22(21)24(29)15-20(23)3-4-25(28)31-2/h3-4,15-18H,5-14,19H2,1-2H3/q+1. The Bertz CT molecular complexity index is 1210. The van der Waals surface area contributed by atoms with Crippen LogP contribution in [0.3, 0.4) is 0 Å². The van der Waals surface area contributed by atoms with Crippen molar-refractivity contribution in [2.24, 2.45) is 0 Å². The van der Waals surface area contributed by atoms with Gasteiger partial charge in [-0.1, -0.05) is 0 Å². The van der Waals surface area contributed by atoms with Gasteiger partial charge in [0.25, 0.3) is 0 Å². The van der Waals surface area contributed by atoms with Crippen LogP contribution >= 0.6 is 0 Å². The lowest BCUT2D eigenvalue weighted by Gasteiger charge is -2.18. The summed E-state index contributed by atoms with van der Waals surface area (Å²) in [5.41, 5.74) is 3.59. The molecule has 0 N–H and O–H groups in total. The molecule has 0 bridgehead atoms. The maximum absolute atomic E-state index is 6.17. The van der Waals surface area contributed by atoms with Crippen molar-refractivity contribution in [2.45, 2.75) is 13.0 Å². The Morgan fingerprint density at radius 1 is 0.811 bits per heavy atom. The van der Waals surface area contributed by atoms with E-state index in [2.05, 4.69) is 35.0 Å². The van der Waals surface area contributed by atoms with Crippen LogP contribution in [0.15, 0.2) is 36.5 Å². The third kappa shape index (κ3) is 5.91. The SMILES string of the molecule is COCCOCCOCCOCCOc1c(OC)ccc2cc3[n+](cc12)CCc1cc2c(cc1-3)OCO2. The summed E-state index contributed by atoms with van der Waals surface area (Å²) < 4.78 is 46.7. The molecule has 2 aliphatic heterocycles. The highest BCUT2D eigenvalue weighted by molar-refractivity contribution is 5.91. The van der Waals surface area contributed by atoms with Gasteiger partial charge >= 0.3 is 0 Å². The zero-order chi connectivity index (χ0) is 25.5. The molecule has 0 saturated heterocycles. The summed E-state index contributed by atoms with van der Waals surface area (Å²) in [7, 11) is 3.31. The maximum Gasteiger partial charge on any atom is 0.231 e. The maximum atomic E-state index is 6.17. The third-order valence-electron chi connectivity index (χ3n) is 6.45. The second kappa shape index (κ2) is 12.4. The van der Waals surface area contributed by atoms with Crippen LogP contribution in [0.4, 0.5) is 0 Å². The van der Waals surface area contributed by atoms with Gasteiger partial charge in [0.05, 0.1) is 64.3 Å². The van der Waals surface area contributed by atoms with Crippen LogP contribution in [0, 0.1) is 0 Å². The van der Waals surface area contributed by atoms with E-state index < -0.39 is 0 Å². The number of methoxy groups -OCH3 is 2. The van der Waals surface area contributed by atoms with Crippen molar-refractivity contribution in [1.82, 2.24) is 0 Å². The number of hydrogen-bond donors (Lipinski definition) is 0. The Morgan fingerprint density at radius 2 is 1.51 bits per heavy atom. The van der Waals surface area contributed by atoms with E-state index in [-0.39, 0.29) is 6.79 Å². The fraction of sp³-hybridized carbons (Fsp3) is 0.464. The Morgan fingerprint density at radius 3 is 2.24 bits per heavy atom. The minimum Gasteiger partial charge on any atom is -0.493 e. The van der Waals surface area contributed by atoms with Gasteiger partial charge in [0, 0.05) is 19.6 Å². The fourth-order valence-corrected chi connectivity index (χ4v) is 4.59. The number of nitrogens with zero attached hydrogens (tertiary/aromatic N) is 1. The van der Waals surface area contributed by atoms with Gasteiger partial charge in [-0.25, -0.2) is 0 Å². The van der Waals surface area contributed by atoms with E-state index in [9.17, 15) is 0 Å². The van der Waals surface area contributed by atoms with Crippen molar-refractivity contribution in [1.29, 1.82) is 0 Å². The Labute approximate surface area is 216 Å². The average molecular weight is 513 g/mol. The summed E-state index contributed by atoms with van der Waals surface area (Å²) in [6.45, 7) is 5.25. The predicted molar refractivity (Wildman–Crippen MR) is 136 cm³/mol. The predicted octanol–water partition coefficient (Wildman–Crippen LogP) is 3.16. The first-order chi connectivity index (χ1) is 18.3. The summed E-state index contributed by atoms with van der Waals surface area (Å²) in [6.07, 6.45) is 3.07. The van der Waals surface area contributed by atoms with E-state index in [0.717, 1.165) is 46.7 Å². The number of benzene rings is 2. The smallest absolute Gasteiger partial charge is 0.231 e. The van der Waals surface area contributed by atoms with Gasteiger partial charge in [0.2, 0.25) is 12.5 Å². The summed E-state index contributed by atoms with van der Waals surface area (Å²) in [4.78, 5) is 0. The summed E-state index contributed by atoms with van der Waals surface area (Å²) in [5, 5.41) is 2.08. The highest BCUT2D eigenvalue weighted by Crippen LogP contribution is 2.41. The molecule has 0 fully saturated rings. The zero-order valence-corrected chi connectivity index (χ0v) is 21.5. The first-order valence-electron chi connectivity index (χ1n) is 12.6. The van der Waals surface area contributed by atoms with Crippen molar-refractivity contribution < 1.29 is 42.5 Å². The number of hydrogen-bond acceptors (Lipinski definition) is 8. The lowest BCUT2D eigenvalue weighted by molar-refractivity contribution is -0.686. The van der Waals surface area contributed by atoms with Gasteiger partial charge in [-0.3, -0.25) is 0 Å². The summed E-state index contributed by atoms with van der Waals surface area (Å²) in [6, 6.07) is 10.4. The van der Waals surface area contributed by atoms with Gasteiger partial charge in [0.1, 0.15) is 6.61 Å². The van der Waals surface area contributed by atoms with Crippen LogP contribution < -0.4 is 23.5 Å². The lowest BCUT2D eigenvalue weighted by atomic mass is 9.95. The second-order valence-corrected chi connectivity index (χ2v) is 8.74. The highest BCUT2D eigenvalue weighted by atomic mass is 16.7. The Kier molecular flexibility index (Phi) is 8.57. The minimum atomic E-state index is 0.275. The molecule has 0 amide bonds. The molecule has 5 rings (SSSR count). The van der Waals surface area contributed by atoms with Gasteiger partial charge in [0.15, 0.2) is 35.7 Å². The quantitative estimate of drug-likeness (QED) is 0.241. The molecule has 198 valence electrons. The molecule has 3 aromatic rings.